The van der Waals surface area contributed by atoms with Gasteiger partial charge in [0.15, 0.2) is 0 Å². The van der Waals surface area contributed by atoms with Gasteiger partial charge in [-0.05, 0) is 73.7 Å². The van der Waals surface area contributed by atoms with Crippen molar-refractivity contribution in [1.82, 2.24) is 15.1 Å². The van der Waals surface area contributed by atoms with Crippen molar-refractivity contribution in [1.29, 1.82) is 5.26 Å². The van der Waals surface area contributed by atoms with Gasteiger partial charge in [0, 0.05) is 63.2 Å². The Bertz CT molecular complexity index is 1060. The topological polar surface area (TPSA) is 74.6 Å². The van der Waals surface area contributed by atoms with Crippen LogP contribution in [0.4, 0.5) is 20.6 Å². The maximum atomic E-state index is 13.2. The number of carbonyl (C=O) groups excluding carboxylic acids is 1. The third-order valence-electron chi connectivity index (χ3n) is 7.82. The molecule has 2 aromatic carbocycles. The Hall–Kier alpha value is -3.15. The zero-order valence-corrected chi connectivity index (χ0v) is 20.0. The van der Waals surface area contributed by atoms with E-state index in [0.29, 0.717) is 35.7 Å². The smallest absolute Gasteiger partial charge is 0.319 e. The number of hydrogen-bond acceptors (Lipinski definition) is 5. The summed E-state index contributed by atoms with van der Waals surface area (Å²) in [5.74, 6) is 1.20. The van der Waals surface area contributed by atoms with Gasteiger partial charge in [0.05, 0.1) is 11.6 Å². The van der Waals surface area contributed by atoms with Gasteiger partial charge in [-0.3, -0.25) is 9.80 Å². The van der Waals surface area contributed by atoms with E-state index in [1.54, 1.807) is 24.3 Å². The molecule has 4 aliphatic heterocycles. The van der Waals surface area contributed by atoms with Gasteiger partial charge in [-0.2, -0.15) is 5.26 Å². The summed E-state index contributed by atoms with van der Waals surface area (Å²) < 4.78 is 13.2. The number of benzene rings is 2. The average Bonchev–Trinajstić information content (AvgIpc) is 2.89. The fourth-order valence-electron chi connectivity index (χ4n) is 5.89. The van der Waals surface area contributed by atoms with Crippen LogP contribution >= 0.6 is 0 Å². The molecule has 0 aromatic heterocycles. The maximum absolute atomic E-state index is 13.2. The van der Waals surface area contributed by atoms with Crippen LogP contribution in [0.5, 0.6) is 0 Å². The lowest BCUT2D eigenvalue weighted by Gasteiger charge is -2.51. The number of hydrogen-bond donors (Lipinski definition) is 2. The Morgan fingerprint density at radius 2 is 1.89 bits per heavy atom. The van der Waals surface area contributed by atoms with Gasteiger partial charge in [0.1, 0.15) is 5.82 Å². The van der Waals surface area contributed by atoms with Gasteiger partial charge in [-0.15, -0.1) is 0 Å². The molecule has 35 heavy (non-hydrogen) atoms. The van der Waals surface area contributed by atoms with E-state index in [9.17, 15) is 9.18 Å². The second-order valence-corrected chi connectivity index (χ2v) is 9.99. The molecule has 4 heterocycles. The molecule has 0 aliphatic carbocycles. The second-order valence-electron chi connectivity index (χ2n) is 9.99. The van der Waals surface area contributed by atoms with E-state index >= 15 is 0 Å². The summed E-state index contributed by atoms with van der Waals surface area (Å²) in [6.07, 6.45) is 2.37. The van der Waals surface area contributed by atoms with Crippen molar-refractivity contribution in [3.63, 3.8) is 0 Å². The minimum atomic E-state index is -0.224. The molecule has 0 radical (unpaired) electrons. The number of amides is 2. The summed E-state index contributed by atoms with van der Waals surface area (Å²) in [6, 6.07) is 16.0. The lowest BCUT2D eigenvalue weighted by molar-refractivity contribution is -0.0114. The number of anilines is 2. The van der Waals surface area contributed by atoms with E-state index in [-0.39, 0.29) is 11.8 Å². The van der Waals surface area contributed by atoms with Gasteiger partial charge in [-0.25, -0.2) is 9.18 Å². The van der Waals surface area contributed by atoms with E-state index in [1.807, 2.05) is 12.1 Å². The Kier molecular flexibility index (Phi) is 7.16. The van der Waals surface area contributed by atoms with Crippen molar-refractivity contribution in [3.05, 3.63) is 59.9 Å². The zero-order chi connectivity index (χ0) is 24.2. The van der Waals surface area contributed by atoms with E-state index in [2.05, 4.69) is 31.4 Å². The molecule has 4 aliphatic rings. The van der Waals surface area contributed by atoms with Crippen molar-refractivity contribution in [2.45, 2.75) is 18.9 Å². The van der Waals surface area contributed by atoms with Crippen LogP contribution in [-0.4, -0.2) is 74.2 Å². The van der Waals surface area contributed by atoms with Gasteiger partial charge >= 0.3 is 6.03 Å². The van der Waals surface area contributed by atoms with Crippen LogP contribution in [0.25, 0.3) is 0 Å². The highest BCUT2D eigenvalue weighted by Crippen LogP contribution is 2.36. The van der Waals surface area contributed by atoms with E-state index in [0.717, 1.165) is 57.9 Å². The number of piperazine rings is 1. The van der Waals surface area contributed by atoms with E-state index in [4.69, 9.17) is 5.26 Å². The summed E-state index contributed by atoms with van der Waals surface area (Å²) in [7, 11) is 0. The molecule has 0 saturated carbocycles. The Balaban J connectivity index is 1.06. The molecule has 0 spiro atoms. The average molecular weight is 477 g/mol. The lowest BCUT2D eigenvalue weighted by Crippen LogP contribution is -2.59. The standard InChI is InChI=1S/C27H33FN6O/c28-23-4-6-25(7-5-23)33-12-10-32(11-13-33)18-22-19-34-9-8-21(22)15-26(34)17-30-27(35)31-24-3-1-2-20(14-24)16-29/h1-7,14,21-22,26H,8-13,15,17-19H2,(H2,30,31,35)/t21-,22-,26+/m0/s1. The first-order valence-corrected chi connectivity index (χ1v) is 12.6. The van der Waals surface area contributed by atoms with Gasteiger partial charge in [0.25, 0.3) is 0 Å². The van der Waals surface area contributed by atoms with Crippen LogP contribution in [0.1, 0.15) is 18.4 Å². The number of nitrogens with zero attached hydrogens (tertiary/aromatic N) is 4. The minimum absolute atomic E-state index is 0.186. The van der Waals surface area contributed by atoms with Crippen molar-refractivity contribution in [3.8, 4) is 6.07 Å². The molecule has 6 rings (SSSR count). The first kappa shape index (κ1) is 23.6. The van der Waals surface area contributed by atoms with Crippen molar-refractivity contribution in [2.75, 3.05) is 62.6 Å². The van der Waals surface area contributed by atoms with Crippen LogP contribution in [0.15, 0.2) is 48.5 Å². The van der Waals surface area contributed by atoms with Crippen LogP contribution in [0.3, 0.4) is 0 Å². The van der Waals surface area contributed by atoms with Crippen LogP contribution in [0.2, 0.25) is 0 Å². The fourth-order valence-corrected chi connectivity index (χ4v) is 5.89. The highest BCUT2D eigenvalue weighted by Gasteiger charge is 2.40. The van der Waals surface area contributed by atoms with Crippen molar-refractivity contribution < 1.29 is 9.18 Å². The second kappa shape index (κ2) is 10.6. The van der Waals surface area contributed by atoms with Crippen molar-refractivity contribution >= 4 is 17.4 Å². The number of piperidine rings is 3. The normalized spacial score (nSPS) is 26.2. The van der Waals surface area contributed by atoms with E-state index < -0.39 is 0 Å². The van der Waals surface area contributed by atoms with Gasteiger partial charge < -0.3 is 15.5 Å². The molecule has 4 fully saturated rings. The summed E-state index contributed by atoms with van der Waals surface area (Å²) in [5.41, 5.74) is 2.26. The van der Waals surface area contributed by atoms with Gasteiger partial charge in [0.2, 0.25) is 0 Å². The number of urea groups is 1. The minimum Gasteiger partial charge on any atom is -0.369 e. The number of rotatable bonds is 6. The molecule has 4 atom stereocenters. The molecule has 184 valence electrons. The van der Waals surface area contributed by atoms with Gasteiger partial charge in [-0.1, -0.05) is 6.07 Å². The first-order chi connectivity index (χ1) is 17.1. The number of nitriles is 1. The lowest BCUT2D eigenvalue weighted by atomic mass is 9.75. The van der Waals surface area contributed by atoms with E-state index in [1.165, 1.54) is 18.6 Å². The summed E-state index contributed by atoms with van der Waals surface area (Å²) >= 11 is 0. The van der Waals surface area contributed by atoms with Crippen LogP contribution in [-0.2, 0) is 0 Å². The molecular weight excluding hydrogens is 443 g/mol. The molecule has 8 heteroatoms. The quantitative estimate of drug-likeness (QED) is 0.669. The highest BCUT2D eigenvalue weighted by molar-refractivity contribution is 5.89. The Labute approximate surface area is 206 Å². The molecule has 2 bridgehead atoms. The number of nitrogens with one attached hydrogen (secondary N) is 2. The molecule has 1 unspecified atom stereocenters. The summed E-state index contributed by atoms with van der Waals surface area (Å²) in [5, 5.41) is 14.9. The first-order valence-electron chi connectivity index (χ1n) is 12.6. The number of halogens is 1. The van der Waals surface area contributed by atoms with Crippen LogP contribution < -0.4 is 15.5 Å². The SMILES string of the molecule is N#Cc1cccc(NC(=O)NC[C@H]2C[C@@H]3CCN2C[C@@H]3CN2CCN(c3ccc(F)cc3)CC2)c1. The third kappa shape index (κ3) is 5.75. The summed E-state index contributed by atoms with van der Waals surface area (Å²) in [4.78, 5) is 19.9. The molecule has 4 saturated heterocycles. The largest absolute Gasteiger partial charge is 0.369 e. The predicted molar refractivity (Wildman–Crippen MR) is 135 cm³/mol. The number of fused-ring (bicyclic) bond motifs is 3. The maximum Gasteiger partial charge on any atom is 0.319 e. The Morgan fingerprint density at radius 3 is 2.60 bits per heavy atom. The van der Waals surface area contributed by atoms with Crippen molar-refractivity contribution in [2.24, 2.45) is 11.8 Å². The van der Waals surface area contributed by atoms with Crippen LogP contribution in [0, 0.1) is 29.0 Å². The fraction of sp³-hybridized carbons (Fsp3) is 0.481. The predicted octanol–water partition coefficient (Wildman–Crippen LogP) is 3.35. The molecule has 2 N–H and O–H groups in total. The monoisotopic (exact) mass is 476 g/mol. The number of carbonyl (C=O) groups is 1. The summed E-state index contributed by atoms with van der Waals surface area (Å²) in [6.45, 7) is 8.02. The zero-order valence-electron chi connectivity index (χ0n) is 20.0. The molecule has 2 amide bonds. The molecule has 2 aromatic rings. The highest BCUT2D eigenvalue weighted by atomic mass is 19.1. The molecule has 7 nitrogen and oxygen atoms in total. The Morgan fingerprint density at radius 1 is 1.09 bits per heavy atom. The third-order valence-corrected chi connectivity index (χ3v) is 7.82. The molecular formula is C27H33FN6O.